The van der Waals surface area contributed by atoms with Crippen molar-refractivity contribution >= 4 is 0 Å². The van der Waals surface area contributed by atoms with Crippen molar-refractivity contribution in [2.45, 2.75) is 23.9 Å². The molecule has 11 heteroatoms. The van der Waals surface area contributed by atoms with Gasteiger partial charge in [-0.2, -0.15) is 43.9 Å². The lowest BCUT2D eigenvalue weighted by Crippen LogP contribution is -2.64. The van der Waals surface area contributed by atoms with Crippen molar-refractivity contribution in [3.05, 3.63) is 12.2 Å². The summed E-state index contributed by atoms with van der Waals surface area (Å²) in [6.07, 6.45) is -18.1. The van der Waals surface area contributed by atoms with Crippen LogP contribution in [0.1, 0.15) is 0 Å². The van der Waals surface area contributed by atoms with E-state index in [1.807, 2.05) is 0 Å². The van der Waals surface area contributed by atoms with Crippen molar-refractivity contribution < 1.29 is 48.6 Å². The average molecular weight is 294 g/mol. The molecule has 0 N–H and O–H groups in total. The SMILES string of the molecule is COC(C=C(F)F)(C(F)(F)F)C(F)(F)C(F)(F)F. The molecule has 0 aliphatic carbocycles. The average Bonchev–Trinajstić information content (AvgIpc) is 2.09. The Balaban J connectivity index is 6.16. The van der Waals surface area contributed by atoms with Crippen molar-refractivity contribution in [1.82, 2.24) is 0 Å². The summed E-state index contributed by atoms with van der Waals surface area (Å²) in [5.41, 5.74) is -5.49. The Bertz CT molecular complexity index is 322. The minimum absolute atomic E-state index is 0.188. The fourth-order valence-corrected chi connectivity index (χ4v) is 1.02. The first-order valence-corrected chi connectivity index (χ1v) is 3.83. The van der Waals surface area contributed by atoms with Crippen LogP contribution in [0.2, 0.25) is 0 Å². The van der Waals surface area contributed by atoms with Crippen LogP contribution in [0.15, 0.2) is 12.2 Å². The summed E-state index contributed by atoms with van der Waals surface area (Å²) in [6.45, 7) is 0. The summed E-state index contributed by atoms with van der Waals surface area (Å²) in [7, 11) is -0.188. The smallest absolute Gasteiger partial charge is 0.360 e. The molecule has 0 radical (unpaired) electrons. The summed E-state index contributed by atoms with van der Waals surface area (Å²) in [5.74, 6) is -6.59. The van der Waals surface area contributed by atoms with Crippen molar-refractivity contribution in [2.75, 3.05) is 7.11 Å². The lowest BCUT2D eigenvalue weighted by molar-refractivity contribution is -0.392. The molecule has 18 heavy (non-hydrogen) atoms. The molecule has 0 spiro atoms. The standard InChI is InChI=1S/C7H4F10O/c1-18-4(2-3(8)9,6(12,13)14)5(10,11)7(15,16)17/h2H,1H3. The van der Waals surface area contributed by atoms with Gasteiger partial charge >= 0.3 is 18.3 Å². The fourth-order valence-electron chi connectivity index (χ4n) is 1.02. The topological polar surface area (TPSA) is 9.23 Å². The number of hydrogen-bond donors (Lipinski definition) is 0. The first kappa shape index (κ1) is 17.0. The quantitative estimate of drug-likeness (QED) is 0.717. The maximum Gasteiger partial charge on any atom is 0.457 e. The van der Waals surface area contributed by atoms with E-state index in [2.05, 4.69) is 4.74 Å². The summed E-state index contributed by atoms with van der Waals surface area (Å²) in [5, 5.41) is 0. The van der Waals surface area contributed by atoms with Crippen LogP contribution in [0.5, 0.6) is 0 Å². The second kappa shape index (κ2) is 4.59. The van der Waals surface area contributed by atoms with E-state index in [1.54, 1.807) is 0 Å². The maximum atomic E-state index is 12.8. The van der Waals surface area contributed by atoms with E-state index in [0.29, 0.717) is 0 Å². The van der Waals surface area contributed by atoms with Gasteiger partial charge in [-0.05, 0) is 0 Å². The van der Waals surface area contributed by atoms with Crippen LogP contribution in [-0.2, 0) is 4.74 Å². The third-order valence-corrected chi connectivity index (χ3v) is 1.88. The number of hydrogen-bond acceptors (Lipinski definition) is 1. The minimum Gasteiger partial charge on any atom is -0.360 e. The molecule has 1 atom stereocenters. The van der Waals surface area contributed by atoms with Gasteiger partial charge in [-0.25, -0.2) is 0 Å². The molecule has 1 unspecified atom stereocenters. The van der Waals surface area contributed by atoms with E-state index in [9.17, 15) is 43.9 Å². The van der Waals surface area contributed by atoms with Gasteiger partial charge in [0.05, 0.1) is 0 Å². The number of alkyl halides is 8. The van der Waals surface area contributed by atoms with Gasteiger partial charge < -0.3 is 4.74 Å². The number of ether oxygens (including phenoxy) is 1. The van der Waals surface area contributed by atoms with E-state index in [1.165, 1.54) is 0 Å². The molecular weight excluding hydrogens is 290 g/mol. The van der Waals surface area contributed by atoms with Crippen LogP contribution in [0.4, 0.5) is 43.9 Å². The molecule has 1 nitrogen and oxygen atoms in total. The van der Waals surface area contributed by atoms with Crippen LogP contribution >= 0.6 is 0 Å². The number of halogens is 10. The number of rotatable bonds is 3. The zero-order chi connectivity index (χ0) is 15.0. The summed E-state index contributed by atoms with van der Waals surface area (Å²) < 4.78 is 125. The highest BCUT2D eigenvalue weighted by molar-refractivity contribution is 5.17. The Morgan fingerprint density at radius 3 is 1.39 bits per heavy atom. The van der Waals surface area contributed by atoms with Crippen LogP contribution in [0, 0.1) is 0 Å². The molecule has 0 aliphatic rings. The van der Waals surface area contributed by atoms with Crippen molar-refractivity contribution in [1.29, 1.82) is 0 Å². The van der Waals surface area contributed by atoms with Crippen LogP contribution in [0.3, 0.4) is 0 Å². The van der Waals surface area contributed by atoms with Gasteiger partial charge in [0.15, 0.2) is 0 Å². The first-order chi connectivity index (χ1) is 7.73. The minimum atomic E-state index is -6.73. The Morgan fingerprint density at radius 2 is 1.22 bits per heavy atom. The summed E-state index contributed by atoms with van der Waals surface area (Å²) in [6, 6.07) is 0. The van der Waals surface area contributed by atoms with Gasteiger partial charge in [-0.15, -0.1) is 0 Å². The van der Waals surface area contributed by atoms with E-state index in [-0.39, 0.29) is 7.11 Å². The van der Waals surface area contributed by atoms with Gasteiger partial charge in [0.1, 0.15) is 0 Å². The molecule has 0 aromatic rings. The Morgan fingerprint density at radius 1 is 0.833 bits per heavy atom. The zero-order valence-corrected chi connectivity index (χ0v) is 8.27. The van der Waals surface area contributed by atoms with Gasteiger partial charge in [0, 0.05) is 13.2 Å². The van der Waals surface area contributed by atoms with Gasteiger partial charge in [0.2, 0.25) is 0 Å². The lowest BCUT2D eigenvalue weighted by Gasteiger charge is -2.38. The highest BCUT2D eigenvalue weighted by Crippen LogP contribution is 2.53. The molecule has 0 saturated heterocycles. The zero-order valence-electron chi connectivity index (χ0n) is 8.27. The molecule has 0 aromatic carbocycles. The van der Waals surface area contributed by atoms with E-state index >= 15 is 0 Å². The molecule has 0 amide bonds. The highest BCUT2D eigenvalue weighted by atomic mass is 19.4. The second-order valence-corrected chi connectivity index (χ2v) is 2.94. The molecule has 108 valence electrons. The fraction of sp³-hybridized carbons (Fsp3) is 0.714. The third kappa shape index (κ3) is 2.54. The molecule has 0 saturated carbocycles. The van der Waals surface area contributed by atoms with Gasteiger partial charge in [0.25, 0.3) is 11.7 Å². The third-order valence-electron chi connectivity index (χ3n) is 1.88. The van der Waals surface area contributed by atoms with Gasteiger partial charge in [-0.1, -0.05) is 0 Å². The Kier molecular flexibility index (Phi) is 4.34. The Labute approximate surface area is 93.0 Å². The summed E-state index contributed by atoms with van der Waals surface area (Å²) in [4.78, 5) is 0. The molecular formula is C7H4F10O. The molecule has 0 rings (SSSR count). The number of methoxy groups -OCH3 is 1. The van der Waals surface area contributed by atoms with Crippen molar-refractivity contribution in [2.24, 2.45) is 0 Å². The lowest BCUT2D eigenvalue weighted by atomic mass is 9.93. The molecule has 0 aliphatic heterocycles. The summed E-state index contributed by atoms with van der Waals surface area (Å²) >= 11 is 0. The molecule has 0 aromatic heterocycles. The van der Waals surface area contributed by atoms with Crippen LogP contribution < -0.4 is 0 Å². The van der Waals surface area contributed by atoms with Gasteiger partial charge in [-0.3, -0.25) is 0 Å². The molecule has 0 fully saturated rings. The Hall–Kier alpha value is -1.00. The van der Waals surface area contributed by atoms with Crippen LogP contribution in [-0.4, -0.2) is 31.0 Å². The highest BCUT2D eigenvalue weighted by Gasteiger charge is 2.80. The largest absolute Gasteiger partial charge is 0.457 e. The molecule has 0 heterocycles. The van der Waals surface area contributed by atoms with Crippen molar-refractivity contribution in [3.63, 3.8) is 0 Å². The van der Waals surface area contributed by atoms with E-state index in [4.69, 9.17) is 0 Å². The first-order valence-electron chi connectivity index (χ1n) is 3.83. The normalized spacial score (nSPS) is 17.3. The predicted molar refractivity (Wildman–Crippen MR) is 37.1 cm³/mol. The van der Waals surface area contributed by atoms with E-state index in [0.717, 1.165) is 0 Å². The van der Waals surface area contributed by atoms with Crippen LogP contribution in [0.25, 0.3) is 0 Å². The predicted octanol–water partition coefficient (Wildman–Crippen LogP) is 3.91. The van der Waals surface area contributed by atoms with E-state index < -0.39 is 36.0 Å². The second-order valence-electron chi connectivity index (χ2n) is 2.94. The molecule has 0 bridgehead atoms. The monoisotopic (exact) mass is 294 g/mol. The van der Waals surface area contributed by atoms with Crippen molar-refractivity contribution in [3.8, 4) is 0 Å². The maximum absolute atomic E-state index is 12.8.